The molecule has 0 aliphatic heterocycles. The molecule has 7 nitrogen and oxygen atoms in total. The molecule has 0 aliphatic carbocycles. The summed E-state index contributed by atoms with van der Waals surface area (Å²) in [5.74, 6) is 0. The van der Waals surface area contributed by atoms with Gasteiger partial charge >= 0.3 is 5.69 Å². The van der Waals surface area contributed by atoms with Crippen molar-refractivity contribution in [3.8, 4) is 0 Å². The fourth-order valence-electron chi connectivity index (χ4n) is 2.13. The summed E-state index contributed by atoms with van der Waals surface area (Å²) in [6.45, 7) is 1.23. The van der Waals surface area contributed by atoms with E-state index >= 15 is 0 Å². The Morgan fingerprint density at radius 1 is 1.15 bits per heavy atom. The standard InChI is InChI=1S/C13H19N5O2/c1-15(7-10-6-14-16(2)8-10)9-11-5-12(19)18(4)13(20)17(11)3/h5-6,8H,7,9H2,1-4H3. The molecule has 0 aliphatic rings. The van der Waals surface area contributed by atoms with Gasteiger partial charge in [0.15, 0.2) is 0 Å². The molecule has 0 fully saturated rings. The minimum Gasteiger partial charge on any atom is -0.299 e. The van der Waals surface area contributed by atoms with Crippen LogP contribution in [0, 0.1) is 0 Å². The molecule has 0 saturated carbocycles. The SMILES string of the molecule is CN(Cc1cnn(C)c1)Cc1cc(=O)n(C)c(=O)n1C. The van der Waals surface area contributed by atoms with Crippen molar-refractivity contribution in [1.29, 1.82) is 0 Å². The third-order valence-corrected chi connectivity index (χ3v) is 3.27. The van der Waals surface area contributed by atoms with Gasteiger partial charge in [0, 0.05) is 57.8 Å². The summed E-state index contributed by atoms with van der Waals surface area (Å²) in [7, 11) is 6.96. The van der Waals surface area contributed by atoms with Crippen molar-refractivity contribution in [2.75, 3.05) is 7.05 Å². The lowest BCUT2D eigenvalue weighted by Crippen LogP contribution is -2.39. The molecule has 0 radical (unpaired) electrons. The van der Waals surface area contributed by atoms with Gasteiger partial charge in [0.1, 0.15) is 0 Å². The second-order valence-corrected chi connectivity index (χ2v) is 5.07. The predicted octanol–water partition coefficient (Wildman–Crippen LogP) is -0.550. The molecule has 108 valence electrons. The quantitative estimate of drug-likeness (QED) is 0.752. The molecule has 0 bridgehead atoms. The average molecular weight is 277 g/mol. The first kappa shape index (κ1) is 14.3. The normalized spacial score (nSPS) is 11.2. The topological polar surface area (TPSA) is 65.1 Å². The van der Waals surface area contributed by atoms with Gasteiger partial charge in [-0.05, 0) is 7.05 Å². The van der Waals surface area contributed by atoms with Gasteiger partial charge < -0.3 is 0 Å². The maximum absolute atomic E-state index is 11.8. The predicted molar refractivity (Wildman–Crippen MR) is 75.3 cm³/mol. The highest BCUT2D eigenvalue weighted by molar-refractivity contribution is 5.05. The van der Waals surface area contributed by atoms with E-state index in [2.05, 4.69) is 5.10 Å². The van der Waals surface area contributed by atoms with Crippen LogP contribution in [-0.2, 0) is 34.2 Å². The van der Waals surface area contributed by atoms with E-state index in [1.54, 1.807) is 17.9 Å². The second kappa shape index (κ2) is 5.46. The molecule has 2 aromatic heterocycles. The lowest BCUT2D eigenvalue weighted by Gasteiger charge is -2.17. The lowest BCUT2D eigenvalue weighted by molar-refractivity contribution is 0.308. The molecule has 0 atom stereocenters. The minimum atomic E-state index is -0.303. The summed E-state index contributed by atoms with van der Waals surface area (Å²) < 4.78 is 4.35. The first-order chi connectivity index (χ1) is 9.38. The summed E-state index contributed by atoms with van der Waals surface area (Å²) >= 11 is 0. The van der Waals surface area contributed by atoms with Crippen molar-refractivity contribution in [3.63, 3.8) is 0 Å². The number of nitrogens with zero attached hydrogens (tertiary/aromatic N) is 5. The van der Waals surface area contributed by atoms with Gasteiger partial charge in [-0.1, -0.05) is 0 Å². The van der Waals surface area contributed by atoms with Gasteiger partial charge in [-0.15, -0.1) is 0 Å². The molecule has 2 heterocycles. The molecule has 7 heteroatoms. The number of aromatic nitrogens is 4. The van der Waals surface area contributed by atoms with E-state index in [0.29, 0.717) is 18.8 Å². The summed E-state index contributed by atoms with van der Waals surface area (Å²) in [6.07, 6.45) is 3.75. The van der Waals surface area contributed by atoms with E-state index in [4.69, 9.17) is 0 Å². The second-order valence-electron chi connectivity index (χ2n) is 5.07. The Balaban J connectivity index is 2.18. The van der Waals surface area contributed by atoms with E-state index in [-0.39, 0.29) is 11.2 Å². The molecule has 2 aromatic rings. The van der Waals surface area contributed by atoms with Crippen molar-refractivity contribution in [2.24, 2.45) is 21.1 Å². The van der Waals surface area contributed by atoms with Crippen LogP contribution in [0.5, 0.6) is 0 Å². The highest BCUT2D eigenvalue weighted by atomic mass is 16.2. The van der Waals surface area contributed by atoms with Crippen LogP contribution in [0.15, 0.2) is 28.0 Å². The van der Waals surface area contributed by atoms with Crippen LogP contribution in [0.25, 0.3) is 0 Å². The van der Waals surface area contributed by atoms with E-state index in [1.807, 2.05) is 25.2 Å². The van der Waals surface area contributed by atoms with Crippen molar-refractivity contribution in [1.82, 2.24) is 23.8 Å². The van der Waals surface area contributed by atoms with Crippen LogP contribution < -0.4 is 11.2 Å². The number of aryl methyl sites for hydroxylation is 1. The molecular weight excluding hydrogens is 258 g/mol. The third kappa shape index (κ3) is 2.88. The maximum Gasteiger partial charge on any atom is 0.330 e. The van der Waals surface area contributed by atoms with Crippen molar-refractivity contribution in [2.45, 2.75) is 13.1 Å². The summed E-state index contributed by atoms with van der Waals surface area (Å²) in [5.41, 5.74) is 1.20. The van der Waals surface area contributed by atoms with Crippen LogP contribution >= 0.6 is 0 Å². The molecule has 0 aromatic carbocycles. The average Bonchev–Trinajstić information content (AvgIpc) is 2.78. The molecule has 0 unspecified atom stereocenters. The Bertz CT molecular complexity index is 725. The van der Waals surface area contributed by atoms with E-state index in [9.17, 15) is 9.59 Å². The number of hydrogen-bond acceptors (Lipinski definition) is 4. The first-order valence-electron chi connectivity index (χ1n) is 6.30. The summed E-state index contributed by atoms with van der Waals surface area (Å²) in [4.78, 5) is 25.6. The number of rotatable bonds is 4. The van der Waals surface area contributed by atoms with E-state index in [0.717, 1.165) is 10.1 Å². The molecule has 0 saturated heterocycles. The van der Waals surface area contributed by atoms with Crippen LogP contribution in [0.2, 0.25) is 0 Å². The largest absolute Gasteiger partial charge is 0.330 e. The zero-order chi connectivity index (χ0) is 14.9. The Hall–Kier alpha value is -2.15. The van der Waals surface area contributed by atoms with Gasteiger partial charge in [-0.25, -0.2) is 4.79 Å². The zero-order valence-electron chi connectivity index (χ0n) is 12.2. The first-order valence-corrected chi connectivity index (χ1v) is 6.30. The molecular formula is C13H19N5O2. The zero-order valence-corrected chi connectivity index (χ0v) is 12.2. The van der Waals surface area contributed by atoms with Crippen LogP contribution in [0.4, 0.5) is 0 Å². The highest BCUT2D eigenvalue weighted by Gasteiger charge is 2.09. The van der Waals surface area contributed by atoms with Crippen molar-refractivity contribution >= 4 is 0 Å². The van der Waals surface area contributed by atoms with E-state index < -0.39 is 0 Å². The molecule has 0 spiro atoms. The van der Waals surface area contributed by atoms with Gasteiger partial charge in [0.2, 0.25) is 0 Å². The molecule has 2 rings (SSSR count). The molecule has 20 heavy (non-hydrogen) atoms. The van der Waals surface area contributed by atoms with Crippen molar-refractivity contribution < 1.29 is 0 Å². The highest BCUT2D eigenvalue weighted by Crippen LogP contribution is 2.04. The van der Waals surface area contributed by atoms with Crippen LogP contribution in [0.3, 0.4) is 0 Å². The van der Waals surface area contributed by atoms with Crippen LogP contribution in [0.1, 0.15) is 11.3 Å². The summed E-state index contributed by atoms with van der Waals surface area (Å²) in [5, 5.41) is 4.12. The minimum absolute atomic E-state index is 0.280. The summed E-state index contributed by atoms with van der Waals surface area (Å²) in [6, 6.07) is 1.50. The maximum atomic E-state index is 11.8. The van der Waals surface area contributed by atoms with Gasteiger partial charge in [0.25, 0.3) is 5.56 Å². The van der Waals surface area contributed by atoms with Gasteiger partial charge in [0.05, 0.1) is 6.20 Å². The fourth-order valence-corrected chi connectivity index (χ4v) is 2.13. The smallest absolute Gasteiger partial charge is 0.299 e. The monoisotopic (exact) mass is 277 g/mol. The Morgan fingerprint density at radius 3 is 2.45 bits per heavy atom. The Morgan fingerprint density at radius 2 is 1.85 bits per heavy atom. The van der Waals surface area contributed by atoms with Gasteiger partial charge in [-0.2, -0.15) is 5.10 Å². The van der Waals surface area contributed by atoms with Gasteiger partial charge in [-0.3, -0.25) is 23.5 Å². The van der Waals surface area contributed by atoms with Crippen LogP contribution in [-0.4, -0.2) is 30.9 Å². The number of hydrogen-bond donors (Lipinski definition) is 0. The Kier molecular flexibility index (Phi) is 3.89. The Labute approximate surface area is 116 Å². The van der Waals surface area contributed by atoms with Crippen molar-refractivity contribution in [3.05, 3.63) is 50.6 Å². The molecule has 0 amide bonds. The molecule has 0 N–H and O–H groups in total. The van der Waals surface area contributed by atoms with E-state index in [1.165, 1.54) is 17.7 Å². The fraction of sp³-hybridized carbons (Fsp3) is 0.462. The lowest BCUT2D eigenvalue weighted by atomic mass is 10.3. The third-order valence-electron chi connectivity index (χ3n) is 3.27.